The number of nitrogens with one attached hydrogen (secondary N) is 1. The van der Waals surface area contributed by atoms with Crippen molar-refractivity contribution in [2.75, 3.05) is 37.3 Å². The van der Waals surface area contributed by atoms with Crippen molar-refractivity contribution in [1.29, 1.82) is 0 Å². The number of rotatable bonds is 4. The topological polar surface area (TPSA) is 57.2 Å². The molecule has 0 unspecified atom stereocenters. The zero-order chi connectivity index (χ0) is 22.2. The summed E-state index contributed by atoms with van der Waals surface area (Å²) in [5, 5.41) is 4.76. The van der Waals surface area contributed by atoms with Crippen LogP contribution in [-0.4, -0.2) is 51.5 Å². The summed E-state index contributed by atoms with van der Waals surface area (Å²) in [6.45, 7) is 3.84. The van der Waals surface area contributed by atoms with E-state index in [2.05, 4.69) is 25.5 Å². The highest BCUT2D eigenvalue weighted by molar-refractivity contribution is 7.96. The molecule has 0 amide bonds. The highest BCUT2D eigenvalue weighted by atomic mass is 32.2. The molecule has 4 aromatic rings. The Bertz CT molecular complexity index is 1310. The predicted molar refractivity (Wildman–Crippen MR) is 124 cm³/mol. The first-order valence-corrected chi connectivity index (χ1v) is 11.4. The molecule has 164 valence electrons. The number of halogens is 2. The summed E-state index contributed by atoms with van der Waals surface area (Å²) in [5.74, 6) is -1.50. The third-order valence-electron chi connectivity index (χ3n) is 5.76. The van der Waals surface area contributed by atoms with E-state index in [-0.39, 0.29) is 16.6 Å². The number of anilines is 1. The molecule has 9 heteroatoms. The lowest BCUT2D eigenvalue weighted by molar-refractivity contribution is 0.431. The second kappa shape index (κ2) is 8.40. The zero-order valence-corrected chi connectivity index (χ0v) is 18.2. The number of aromatic nitrogens is 3. The Morgan fingerprint density at radius 1 is 0.969 bits per heavy atom. The lowest BCUT2D eigenvalue weighted by atomic mass is 10.1. The largest absolute Gasteiger partial charge is 0.369 e. The number of piperazine rings is 1. The highest BCUT2D eigenvalue weighted by Crippen LogP contribution is 2.30. The molecule has 1 fully saturated rings. The number of para-hydroxylation sites is 1. The zero-order valence-electron chi connectivity index (χ0n) is 17.4. The Balaban J connectivity index is 1.57. The van der Waals surface area contributed by atoms with Gasteiger partial charge in [-0.1, -0.05) is 30.1 Å². The molecule has 1 aliphatic heterocycles. The quantitative estimate of drug-likeness (QED) is 0.473. The fraction of sp³-hybridized carbons (Fsp3) is 0.217. The molecule has 0 atom stereocenters. The number of fused-ring (bicyclic) bond motifs is 1. The Morgan fingerprint density at radius 3 is 2.31 bits per heavy atom. The van der Waals surface area contributed by atoms with Crippen molar-refractivity contribution in [2.45, 2.75) is 0 Å². The third-order valence-corrected chi connectivity index (χ3v) is 6.64. The standard InChI is InChI=1S/C23H21F2N5OS/c1-32-29-13-11-28(12-14-29)16-7-5-15(6-8-16)21-20-19(9-10-26-23(20)31)30(27-21)22-17(24)3-2-4-18(22)25/h2-10H,11-14H2,1H3,(H,26,31). The number of pyridine rings is 1. The molecule has 3 heterocycles. The van der Waals surface area contributed by atoms with Gasteiger partial charge in [-0.25, -0.2) is 17.8 Å². The van der Waals surface area contributed by atoms with Crippen molar-refractivity contribution in [3.05, 3.63) is 76.7 Å². The number of benzene rings is 2. The van der Waals surface area contributed by atoms with Crippen LogP contribution in [0.15, 0.2) is 59.5 Å². The first-order valence-electron chi connectivity index (χ1n) is 10.3. The van der Waals surface area contributed by atoms with Gasteiger partial charge in [0.1, 0.15) is 11.4 Å². The highest BCUT2D eigenvalue weighted by Gasteiger charge is 2.21. The van der Waals surface area contributed by atoms with E-state index >= 15 is 0 Å². The van der Waals surface area contributed by atoms with Crippen molar-refractivity contribution in [2.24, 2.45) is 0 Å². The van der Waals surface area contributed by atoms with Gasteiger partial charge in [0.25, 0.3) is 5.56 Å². The monoisotopic (exact) mass is 453 g/mol. The van der Waals surface area contributed by atoms with Crippen LogP contribution in [0.2, 0.25) is 0 Å². The number of hydrogen-bond acceptors (Lipinski definition) is 5. The van der Waals surface area contributed by atoms with Crippen LogP contribution in [0.1, 0.15) is 0 Å². The maximum absolute atomic E-state index is 14.5. The Morgan fingerprint density at radius 2 is 1.66 bits per heavy atom. The Kier molecular flexibility index (Phi) is 5.44. The lowest BCUT2D eigenvalue weighted by Crippen LogP contribution is -2.43. The van der Waals surface area contributed by atoms with E-state index in [0.717, 1.165) is 31.9 Å². The fourth-order valence-electron chi connectivity index (χ4n) is 4.10. The van der Waals surface area contributed by atoms with Crippen LogP contribution in [0.4, 0.5) is 14.5 Å². The summed E-state index contributed by atoms with van der Waals surface area (Å²) in [4.78, 5) is 17.6. The molecule has 1 N–H and O–H groups in total. The molecule has 0 saturated carbocycles. The molecule has 0 bridgehead atoms. The van der Waals surface area contributed by atoms with Gasteiger partial charge in [-0.15, -0.1) is 0 Å². The number of H-pyrrole nitrogens is 1. The smallest absolute Gasteiger partial charge is 0.259 e. The lowest BCUT2D eigenvalue weighted by Gasteiger charge is -2.34. The molecule has 0 aliphatic carbocycles. The molecule has 6 nitrogen and oxygen atoms in total. The van der Waals surface area contributed by atoms with Crippen LogP contribution < -0.4 is 10.5 Å². The van der Waals surface area contributed by atoms with E-state index < -0.39 is 11.6 Å². The van der Waals surface area contributed by atoms with E-state index in [0.29, 0.717) is 16.8 Å². The SMILES string of the molecule is CSN1CCN(c2ccc(-c3nn(-c4c(F)cccc4F)c4cc[nH]c(=O)c34)cc2)CC1. The molecular formula is C23H21F2N5OS. The Hall–Kier alpha value is -3.17. The average Bonchev–Trinajstić information content (AvgIpc) is 3.20. The first kappa shape index (κ1) is 20.7. The van der Waals surface area contributed by atoms with Gasteiger partial charge in [0.15, 0.2) is 11.6 Å². The molecule has 0 radical (unpaired) electrons. The van der Waals surface area contributed by atoms with Gasteiger partial charge in [0.05, 0.1) is 10.9 Å². The molecule has 1 aliphatic rings. The van der Waals surface area contributed by atoms with Crippen molar-refractivity contribution in [1.82, 2.24) is 19.1 Å². The van der Waals surface area contributed by atoms with Gasteiger partial charge in [0, 0.05) is 43.6 Å². The summed E-state index contributed by atoms with van der Waals surface area (Å²) in [6.07, 6.45) is 3.53. The van der Waals surface area contributed by atoms with Crippen molar-refractivity contribution < 1.29 is 8.78 Å². The van der Waals surface area contributed by atoms with Crippen LogP contribution in [0.3, 0.4) is 0 Å². The number of nitrogens with zero attached hydrogens (tertiary/aromatic N) is 4. The second-order valence-electron chi connectivity index (χ2n) is 7.54. The van der Waals surface area contributed by atoms with E-state index in [1.54, 1.807) is 18.0 Å². The minimum absolute atomic E-state index is 0.288. The average molecular weight is 454 g/mol. The summed E-state index contributed by atoms with van der Waals surface area (Å²) < 4.78 is 32.5. The van der Waals surface area contributed by atoms with E-state index in [9.17, 15) is 13.6 Å². The van der Waals surface area contributed by atoms with Gasteiger partial charge in [-0.3, -0.25) is 4.79 Å². The van der Waals surface area contributed by atoms with Crippen molar-refractivity contribution >= 4 is 28.5 Å². The fourth-order valence-corrected chi connectivity index (χ4v) is 4.63. The molecule has 5 rings (SSSR count). The number of aromatic amines is 1. The van der Waals surface area contributed by atoms with Gasteiger partial charge in [-0.2, -0.15) is 5.10 Å². The maximum Gasteiger partial charge on any atom is 0.259 e. The third kappa shape index (κ3) is 3.57. The van der Waals surface area contributed by atoms with Crippen LogP contribution in [0.5, 0.6) is 0 Å². The molecule has 2 aromatic heterocycles. The predicted octanol–water partition coefficient (Wildman–Crippen LogP) is 4.06. The molecule has 1 saturated heterocycles. The minimum Gasteiger partial charge on any atom is -0.369 e. The van der Waals surface area contributed by atoms with Crippen molar-refractivity contribution in [3.63, 3.8) is 0 Å². The van der Waals surface area contributed by atoms with Gasteiger partial charge in [0.2, 0.25) is 0 Å². The van der Waals surface area contributed by atoms with E-state index in [1.165, 1.54) is 29.1 Å². The van der Waals surface area contributed by atoms with Gasteiger partial charge in [-0.05, 0) is 36.6 Å². The summed E-state index contributed by atoms with van der Waals surface area (Å²) in [7, 11) is 0. The molecule has 32 heavy (non-hydrogen) atoms. The molecule has 0 spiro atoms. The van der Waals surface area contributed by atoms with Gasteiger partial charge >= 0.3 is 0 Å². The summed E-state index contributed by atoms with van der Waals surface area (Å²) in [6, 6.07) is 13.0. The molecule has 2 aromatic carbocycles. The van der Waals surface area contributed by atoms with Crippen LogP contribution in [-0.2, 0) is 0 Å². The normalized spacial score (nSPS) is 14.9. The maximum atomic E-state index is 14.5. The second-order valence-corrected chi connectivity index (χ2v) is 8.42. The minimum atomic E-state index is -0.749. The molecular weight excluding hydrogens is 432 g/mol. The Labute approximate surface area is 187 Å². The first-order chi connectivity index (χ1) is 15.6. The van der Waals surface area contributed by atoms with Crippen LogP contribution >= 0.6 is 11.9 Å². The van der Waals surface area contributed by atoms with Gasteiger partial charge < -0.3 is 9.88 Å². The summed E-state index contributed by atoms with van der Waals surface area (Å²) >= 11 is 1.76. The van der Waals surface area contributed by atoms with E-state index in [4.69, 9.17) is 0 Å². The van der Waals surface area contributed by atoms with Crippen LogP contribution in [0.25, 0.3) is 27.8 Å². The number of hydrogen-bond donors (Lipinski definition) is 1. The van der Waals surface area contributed by atoms with Crippen molar-refractivity contribution in [3.8, 4) is 16.9 Å². The van der Waals surface area contributed by atoms with Crippen LogP contribution in [0, 0.1) is 11.6 Å². The van der Waals surface area contributed by atoms with E-state index in [1.807, 2.05) is 24.3 Å². The summed E-state index contributed by atoms with van der Waals surface area (Å²) in [5.41, 5.74) is 1.84.